The number of aryl methyl sites for hydroxylation is 1. The highest BCUT2D eigenvalue weighted by Gasteiger charge is 2.20. The first kappa shape index (κ1) is 21.0. The number of nitrogens with zero attached hydrogens (tertiary/aromatic N) is 3. The van der Waals surface area contributed by atoms with Gasteiger partial charge in [0.25, 0.3) is 11.6 Å². The number of carbonyl (C=O) groups is 2. The third-order valence-electron chi connectivity index (χ3n) is 3.76. The maximum Gasteiger partial charge on any atom is 0.269 e. The molecule has 2 rings (SSSR count). The molecule has 0 spiro atoms. The van der Waals surface area contributed by atoms with Crippen molar-refractivity contribution in [3.63, 3.8) is 0 Å². The number of rotatable bonds is 10. The van der Waals surface area contributed by atoms with Crippen molar-refractivity contribution in [1.29, 1.82) is 0 Å². The number of nitro benzene ring substituents is 1. The fourth-order valence-corrected chi connectivity index (χ4v) is 2.44. The molecule has 0 saturated carbocycles. The average molecular weight is 390 g/mol. The van der Waals surface area contributed by atoms with Crippen LogP contribution in [0.4, 0.5) is 11.5 Å². The molecule has 0 aliphatic carbocycles. The average Bonchev–Trinajstić information content (AvgIpc) is 3.08. The van der Waals surface area contributed by atoms with Crippen LogP contribution in [-0.2, 0) is 9.53 Å². The Morgan fingerprint density at radius 1 is 1.32 bits per heavy atom. The van der Waals surface area contributed by atoms with Crippen LogP contribution in [0.1, 0.15) is 29.5 Å². The SMILES string of the molecule is CCOCCCN(CC(=O)Nc1cc(C)on1)C(=O)c1ccc([N+](=O)[O-])cc1. The van der Waals surface area contributed by atoms with E-state index in [1.807, 2.05) is 6.92 Å². The van der Waals surface area contributed by atoms with Gasteiger partial charge in [-0.25, -0.2) is 0 Å². The van der Waals surface area contributed by atoms with Crippen molar-refractivity contribution in [3.05, 3.63) is 51.8 Å². The van der Waals surface area contributed by atoms with Gasteiger partial charge in [0, 0.05) is 43.5 Å². The van der Waals surface area contributed by atoms with Gasteiger partial charge in [0.2, 0.25) is 5.91 Å². The highest BCUT2D eigenvalue weighted by molar-refractivity contribution is 5.99. The number of carbonyl (C=O) groups excluding carboxylic acids is 2. The van der Waals surface area contributed by atoms with E-state index in [1.165, 1.54) is 29.2 Å². The van der Waals surface area contributed by atoms with Gasteiger partial charge in [0.15, 0.2) is 5.82 Å². The zero-order valence-electron chi connectivity index (χ0n) is 15.7. The summed E-state index contributed by atoms with van der Waals surface area (Å²) in [6.45, 7) is 4.66. The first-order chi connectivity index (χ1) is 13.4. The van der Waals surface area contributed by atoms with Gasteiger partial charge in [-0.3, -0.25) is 19.7 Å². The number of amides is 2. The Labute approximate surface area is 161 Å². The van der Waals surface area contributed by atoms with E-state index in [2.05, 4.69) is 10.5 Å². The lowest BCUT2D eigenvalue weighted by Gasteiger charge is -2.22. The summed E-state index contributed by atoms with van der Waals surface area (Å²) in [6.07, 6.45) is 0.545. The second-order valence-corrected chi connectivity index (χ2v) is 5.95. The van der Waals surface area contributed by atoms with E-state index >= 15 is 0 Å². The lowest BCUT2D eigenvalue weighted by Crippen LogP contribution is -2.39. The Hall–Kier alpha value is -3.27. The maximum atomic E-state index is 12.8. The number of non-ortho nitro benzene ring substituents is 1. The standard InChI is InChI=1S/C18H22N4O6/c1-3-27-10-4-9-21(12-17(23)19-16-11-13(2)28-20-16)18(24)14-5-7-15(8-6-14)22(25)26/h5-8,11H,3-4,9-10,12H2,1-2H3,(H,19,20,23). The van der Waals surface area contributed by atoms with Crippen LogP contribution in [0.15, 0.2) is 34.9 Å². The number of hydrogen-bond acceptors (Lipinski definition) is 7. The highest BCUT2D eigenvalue weighted by Crippen LogP contribution is 2.14. The second kappa shape index (κ2) is 10.2. The first-order valence-corrected chi connectivity index (χ1v) is 8.75. The van der Waals surface area contributed by atoms with Gasteiger partial charge in [-0.15, -0.1) is 0 Å². The van der Waals surface area contributed by atoms with Crippen LogP contribution in [-0.4, -0.2) is 53.1 Å². The molecular weight excluding hydrogens is 368 g/mol. The van der Waals surface area contributed by atoms with Gasteiger partial charge >= 0.3 is 0 Å². The van der Waals surface area contributed by atoms with Crippen LogP contribution in [0.5, 0.6) is 0 Å². The normalized spacial score (nSPS) is 10.5. The van der Waals surface area contributed by atoms with Crippen molar-refractivity contribution in [1.82, 2.24) is 10.1 Å². The molecule has 150 valence electrons. The van der Waals surface area contributed by atoms with E-state index in [0.717, 1.165) is 0 Å². The van der Waals surface area contributed by atoms with E-state index < -0.39 is 16.7 Å². The summed E-state index contributed by atoms with van der Waals surface area (Å²) in [5, 5.41) is 17.0. The summed E-state index contributed by atoms with van der Waals surface area (Å²) < 4.78 is 10.2. The molecule has 10 heteroatoms. The molecule has 0 unspecified atom stereocenters. The predicted octanol–water partition coefficient (Wildman–Crippen LogP) is 2.40. The molecule has 0 saturated heterocycles. The molecule has 0 aliphatic heterocycles. The van der Waals surface area contributed by atoms with Gasteiger partial charge < -0.3 is 19.5 Å². The third kappa shape index (κ3) is 6.16. The summed E-state index contributed by atoms with van der Waals surface area (Å²) in [7, 11) is 0. The fourth-order valence-electron chi connectivity index (χ4n) is 2.44. The summed E-state index contributed by atoms with van der Waals surface area (Å²) in [6, 6.07) is 6.81. The molecular formula is C18H22N4O6. The van der Waals surface area contributed by atoms with Crippen molar-refractivity contribution in [3.8, 4) is 0 Å². The quantitative estimate of drug-likeness (QED) is 0.375. The number of ether oxygens (including phenoxy) is 1. The molecule has 0 bridgehead atoms. The van der Waals surface area contributed by atoms with Gasteiger partial charge in [-0.2, -0.15) is 0 Å². The van der Waals surface area contributed by atoms with E-state index in [-0.39, 0.29) is 23.6 Å². The third-order valence-corrected chi connectivity index (χ3v) is 3.76. The molecule has 2 aromatic rings. The van der Waals surface area contributed by atoms with Gasteiger partial charge in [0.05, 0.1) is 4.92 Å². The van der Waals surface area contributed by atoms with Crippen molar-refractivity contribution in [2.75, 3.05) is 31.6 Å². The van der Waals surface area contributed by atoms with Gasteiger partial charge in [-0.1, -0.05) is 5.16 Å². The summed E-state index contributed by atoms with van der Waals surface area (Å²) in [4.78, 5) is 36.7. The van der Waals surface area contributed by atoms with Crippen LogP contribution >= 0.6 is 0 Å². The van der Waals surface area contributed by atoms with Crippen LogP contribution in [0.25, 0.3) is 0 Å². The molecule has 1 N–H and O–H groups in total. The first-order valence-electron chi connectivity index (χ1n) is 8.75. The number of anilines is 1. The van der Waals surface area contributed by atoms with Crippen molar-refractivity contribution < 1.29 is 23.8 Å². The molecule has 0 radical (unpaired) electrons. The van der Waals surface area contributed by atoms with Crippen molar-refractivity contribution in [2.45, 2.75) is 20.3 Å². The number of hydrogen-bond donors (Lipinski definition) is 1. The summed E-state index contributed by atoms with van der Waals surface area (Å²) >= 11 is 0. The number of benzene rings is 1. The van der Waals surface area contributed by atoms with E-state index in [4.69, 9.17) is 9.26 Å². The van der Waals surface area contributed by atoms with Crippen molar-refractivity contribution in [2.24, 2.45) is 0 Å². The van der Waals surface area contributed by atoms with E-state index in [0.29, 0.717) is 31.9 Å². The molecule has 1 aromatic carbocycles. The largest absolute Gasteiger partial charge is 0.382 e. The van der Waals surface area contributed by atoms with Crippen LogP contribution in [0.3, 0.4) is 0 Å². The Bertz CT molecular complexity index is 818. The predicted molar refractivity (Wildman–Crippen MR) is 100.0 cm³/mol. The van der Waals surface area contributed by atoms with E-state index in [1.54, 1.807) is 13.0 Å². The second-order valence-electron chi connectivity index (χ2n) is 5.95. The summed E-state index contributed by atoms with van der Waals surface area (Å²) in [5.74, 6) is -0.0248. The van der Waals surface area contributed by atoms with Crippen LogP contribution < -0.4 is 5.32 Å². The Morgan fingerprint density at radius 3 is 2.61 bits per heavy atom. The Kier molecular flexibility index (Phi) is 7.64. The number of aromatic nitrogens is 1. The van der Waals surface area contributed by atoms with Crippen molar-refractivity contribution >= 4 is 23.3 Å². The minimum absolute atomic E-state index is 0.112. The lowest BCUT2D eigenvalue weighted by atomic mass is 10.1. The molecule has 1 heterocycles. The molecule has 0 fully saturated rings. The Morgan fingerprint density at radius 2 is 2.04 bits per heavy atom. The summed E-state index contributed by atoms with van der Waals surface area (Å²) in [5.41, 5.74) is 0.144. The minimum atomic E-state index is -0.540. The zero-order valence-corrected chi connectivity index (χ0v) is 15.7. The highest BCUT2D eigenvalue weighted by atomic mass is 16.6. The van der Waals surface area contributed by atoms with Gasteiger partial charge in [-0.05, 0) is 32.4 Å². The molecule has 0 aliphatic rings. The fraction of sp³-hybridized carbons (Fsp3) is 0.389. The topological polar surface area (TPSA) is 128 Å². The molecule has 2 amide bonds. The maximum absolute atomic E-state index is 12.8. The monoisotopic (exact) mass is 390 g/mol. The lowest BCUT2D eigenvalue weighted by molar-refractivity contribution is -0.384. The molecule has 0 atom stereocenters. The van der Waals surface area contributed by atoms with Gasteiger partial charge in [0.1, 0.15) is 12.3 Å². The number of nitrogens with one attached hydrogen (secondary N) is 1. The van der Waals surface area contributed by atoms with Crippen LogP contribution in [0, 0.1) is 17.0 Å². The number of nitro groups is 1. The molecule has 28 heavy (non-hydrogen) atoms. The van der Waals surface area contributed by atoms with Crippen LogP contribution in [0.2, 0.25) is 0 Å². The smallest absolute Gasteiger partial charge is 0.269 e. The zero-order chi connectivity index (χ0) is 20.5. The molecule has 10 nitrogen and oxygen atoms in total. The minimum Gasteiger partial charge on any atom is -0.382 e. The Balaban J connectivity index is 2.06. The molecule has 1 aromatic heterocycles. The van der Waals surface area contributed by atoms with E-state index in [9.17, 15) is 19.7 Å².